The smallest absolute Gasteiger partial charge is 0.386 e. The van der Waals surface area contributed by atoms with Gasteiger partial charge in [0, 0.05) is 13.0 Å². The molecule has 2 atom stereocenters. The largest absolute Gasteiger partial charge is 0.434 e. The van der Waals surface area contributed by atoms with Crippen LogP contribution < -0.4 is 21.3 Å². The second-order valence-corrected chi connectivity index (χ2v) is 8.12. The van der Waals surface area contributed by atoms with Crippen LogP contribution in [0.5, 0.6) is 0 Å². The van der Waals surface area contributed by atoms with Gasteiger partial charge in [0.25, 0.3) is 5.89 Å². The van der Waals surface area contributed by atoms with Crippen LogP contribution in [-0.2, 0) is 20.7 Å². The van der Waals surface area contributed by atoms with Crippen molar-refractivity contribution in [1.29, 1.82) is 0 Å². The highest BCUT2D eigenvalue weighted by molar-refractivity contribution is 6.20. The lowest BCUT2D eigenvalue weighted by molar-refractivity contribution is -0.151. The van der Waals surface area contributed by atoms with Gasteiger partial charge in [-0.3, -0.25) is 20.2 Å². The van der Waals surface area contributed by atoms with Gasteiger partial charge in [-0.2, -0.15) is 0 Å². The van der Waals surface area contributed by atoms with E-state index in [0.717, 1.165) is 0 Å². The fourth-order valence-electron chi connectivity index (χ4n) is 5.15. The molecule has 3 aromatic rings. The number of anilines is 1. The lowest BCUT2D eigenvalue weighted by Crippen LogP contribution is -2.74. The average Bonchev–Trinajstić information content (AvgIpc) is 3.38. The molecule has 170 valence electrons. The molecule has 3 N–H and O–H groups in total. The maximum absolute atomic E-state index is 15.8. The highest BCUT2D eigenvalue weighted by Crippen LogP contribution is 2.49. The van der Waals surface area contributed by atoms with E-state index in [1.165, 1.54) is 6.07 Å². The summed E-state index contributed by atoms with van der Waals surface area (Å²) in [6.45, 7) is 2.10. The summed E-state index contributed by atoms with van der Waals surface area (Å²) in [5, 5.41) is 14.1. The molecule has 2 saturated heterocycles. The second kappa shape index (κ2) is 6.48. The van der Waals surface area contributed by atoms with Gasteiger partial charge in [0.15, 0.2) is 16.9 Å². The van der Waals surface area contributed by atoms with Crippen LogP contribution in [0.3, 0.4) is 0 Å². The first kappa shape index (κ1) is 19.6. The predicted molar refractivity (Wildman–Crippen MR) is 104 cm³/mol. The van der Waals surface area contributed by atoms with Gasteiger partial charge in [0.2, 0.25) is 17.4 Å². The highest BCUT2D eigenvalue weighted by atomic mass is 19.1. The molecule has 33 heavy (non-hydrogen) atoms. The zero-order valence-electron chi connectivity index (χ0n) is 16.9. The van der Waals surface area contributed by atoms with Gasteiger partial charge in [-0.25, -0.2) is 19.1 Å². The van der Waals surface area contributed by atoms with Crippen LogP contribution in [0.1, 0.15) is 12.5 Å². The monoisotopic (exact) mass is 458 g/mol. The summed E-state index contributed by atoms with van der Waals surface area (Å²) < 4.78 is 31.6. The summed E-state index contributed by atoms with van der Waals surface area (Å²) in [6, 6.07) is -0.289. The van der Waals surface area contributed by atoms with Crippen LogP contribution in [0, 0.1) is 11.2 Å². The van der Waals surface area contributed by atoms with Gasteiger partial charge < -0.3 is 18.6 Å². The minimum atomic E-state index is -1.75. The Morgan fingerprint density at radius 2 is 1.97 bits per heavy atom. The van der Waals surface area contributed by atoms with Gasteiger partial charge in [-0.05, 0) is 18.6 Å². The molecule has 13 nitrogen and oxygen atoms in total. The number of urea groups is 1. The van der Waals surface area contributed by atoms with E-state index in [1.54, 1.807) is 11.8 Å². The van der Waals surface area contributed by atoms with Crippen LogP contribution in [0.15, 0.2) is 19.8 Å². The third-order valence-corrected chi connectivity index (χ3v) is 6.42. The number of aromatic amines is 1. The van der Waals surface area contributed by atoms with Crippen LogP contribution in [0.4, 0.5) is 14.9 Å². The number of benzene rings is 1. The van der Waals surface area contributed by atoms with Crippen LogP contribution in [0.2, 0.25) is 0 Å². The number of amides is 4. The lowest BCUT2D eigenvalue weighted by atomic mass is 9.66. The Bertz CT molecular complexity index is 1400. The van der Waals surface area contributed by atoms with Crippen molar-refractivity contribution in [1.82, 2.24) is 26.0 Å². The molecule has 2 aromatic heterocycles. The summed E-state index contributed by atoms with van der Waals surface area (Å²) >= 11 is 0. The number of ether oxygens (including phenoxy) is 1. The Morgan fingerprint density at radius 3 is 2.67 bits per heavy atom. The van der Waals surface area contributed by atoms with E-state index in [9.17, 15) is 19.2 Å². The molecular weight excluding hydrogens is 443 g/mol. The number of rotatable bonds is 1. The quantitative estimate of drug-likeness (QED) is 0.415. The molecular formula is C19H15FN6O7. The number of carbonyl (C=O) groups excluding carboxylic acids is 3. The molecule has 0 radical (unpaired) electrons. The summed E-state index contributed by atoms with van der Waals surface area (Å²) in [6.07, 6.45) is -0.847. The summed E-state index contributed by atoms with van der Waals surface area (Å²) in [5.41, 5.74) is -1.51. The van der Waals surface area contributed by atoms with Crippen molar-refractivity contribution in [2.75, 3.05) is 18.1 Å². The van der Waals surface area contributed by atoms with E-state index in [4.69, 9.17) is 13.7 Å². The number of hydrogen-bond acceptors (Lipinski definition) is 10. The van der Waals surface area contributed by atoms with E-state index < -0.39 is 47.0 Å². The van der Waals surface area contributed by atoms with E-state index >= 15 is 4.39 Å². The number of imide groups is 2. The van der Waals surface area contributed by atoms with Crippen LogP contribution in [0.25, 0.3) is 22.6 Å². The van der Waals surface area contributed by atoms with Crippen molar-refractivity contribution in [3.63, 3.8) is 0 Å². The number of H-pyrrole nitrogens is 1. The Labute approximate surface area is 182 Å². The number of fused-ring (bicyclic) bond motifs is 5. The van der Waals surface area contributed by atoms with Gasteiger partial charge in [0.1, 0.15) is 0 Å². The first-order valence-electron chi connectivity index (χ1n) is 10.0. The minimum absolute atomic E-state index is 0.0238. The molecule has 0 aliphatic carbocycles. The number of halogens is 1. The van der Waals surface area contributed by atoms with Crippen LogP contribution >= 0.6 is 0 Å². The number of nitrogens with zero attached hydrogens (tertiary/aromatic N) is 3. The molecule has 3 aliphatic heterocycles. The van der Waals surface area contributed by atoms with E-state index in [-0.39, 0.29) is 47.8 Å². The minimum Gasteiger partial charge on any atom is -0.386 e. The van der Waals surface area contributed by atoms with Gasteiger partial charge in [-0.1, -0.05) is 5.16 Å². The average molecular weight is 458 g/mol. The van der Waals surface area contributed by atoms with Crippen LogP contribution in [-0.4, -0.2) is 58.5 Å². The second-order valence-electron chi connectivity index (χ2n) is 8.12. The number of carbonyl (C=O) groups is 3. The number of aromatic nitrogens is 3. The summed E-state index contributed by atoms with van der Waals surface area (Å²) in [7, 11) is 0. The van der Waals surface area contributed by atoms with Gasteiger partial charge >= 0.3 is 11.8 Å². The molecule has 5 heterocycles. The number of morpholine rings is 1. The Kier molecular flexibility index (Phi) is 3.85. The topological polar surface area (TPSA) is 173 Å². The fraction of sp³-hybridized carbons (Fsp3) is 0.368. The van der Waals surface area contributed by atoms with Crippen molar-refractivity contribution in [2.45, 2.75) is 25.5 Å². The van der Waals surface area contributed by atoms with Gasteiger partial charge in [0.05, 0.1) is 29.8 Å². The summed E-state index contributed by atoms with van der Waals surface area (Å²) in [5.74, 6) is -3.37. The van der Waals surface area contributed by atoms with Crippen molar-refractivity contribution in [3.8, 4) is 11.6 Å². The van der Waals surface area contributed by atoms with E-state index in [0.29, 0.717) is 5.56 Å². The Morgan fingerprint density at radius 1 is 1.21 bits per heavy atom. The molecule has 3 aliphatic rings. The molecule has 6 rings (SSSR count). The first-order valence-corrected chi connectivity index (χ1v) is 10.0. The molecule has 0 unspecified atom stereocenters. The maximum atomic E-state index is 15.8. The fourth-order valence-corrected chi connectivity index (χ4v) is 5.15. The zero-order chi connectivity index (χ0) is 23.1. The SMILES string of the molecule is C[C@@H]1OCCN2c3c(cc4c(-c5n[nH]c(=O)o5)noc4c3F)CC3(C(=O)NC(=O)NC3=O)[C@@H]12. The third kappa shape index (κ3) is 2.49. The van der Waals surface area contributed by atoms with Crippen molar-refractivity contribution in [3.05, 3.63) is 28.0 Å². The molecule has 0 saturated carbocycles. The standard InChI is InChI=1S/C19H15FN6O7/c1-6-13-19(15(27)21-17(29)22-16(19)28)5-7-4-8-10(14-23-24-18(30)32-14)25-33-12(8)9(20)11(7)26(13)2-3-31-6/h4,6,13H,2-3,5H2,1H3,(H,24,30)(H2,21,22,27,28,29)/t6-,13+/m0/s1. The molecule has 4 amide bonds. The Hall–Kier alpha value is -4.07. The molecule has 14 heteroatoms. The predicted octanol–water partition coefficient (Wildman–Crippen LogP) is -0.188. The normalized spacial score (nSPS) is 23.9. The van der Waals surface area contributed by atoms with Crippen molar-refractivity contribution in [2.24, 2.45) is 5.41 Å². The maximum Gasteiger partial charge on any atom is 0.434 e. The first-order chi connectivity index (χ1) is 15.8. The van der Waals surface area contributed by atoms with E-state index in [1.807, 2.05) is 0 Å². The molecule has 2 fully saturated rings. The van der Waals surface area contributed by atoms with Crippen molar-refractivity contribution < 1.29 is 32.5 Å². The molecule has 1 aromatic carbocycles. The number of hydrogen-bond donors (Lipinski definition) is 3. The Balaban J connectivity index is 1.61. The van der Waals surface area contributed by atoms with E-state index in [2.05, 4.69) is 26.0 Å². The lowest BCUT2D eigenvalue weighted by Gasteiger charge is -2.54. The van der Waals surface area contributed by atoms with Gasteiger partial charge in [-0.15, -0.1) is 5.10 Å². The third-order valence-electron chi connectivity index (χ3n) is 6.42. The number of nitrogens with one attached hydrogen (secondary N) is 3. The number of barbiturate groups is 1. The molecule has 0 bridgehead atoms. The zero-order valence-corrected chi connectivity index (χ0v) is 16.9. The summed E-state index contributed by atoms with van der Waals surface area (Å²) in [4.78, 5) is 51.0. The molecule has 1 spiro atoms. The van der Waals surface area contributed by atoms with Crippen molar-refractivity contribution >= 4 is 34.5 Å². The highest BCUT2D eigenvalue weighted by Gasteiger charge is 2.62.